The van der Waals surface area contributed by atoms with Gasteiger partial charge in [0.1, 0.15) is 5.75 Å². The lowest BCUT2D eigenvalue weighted by Gasteiger charge is -2.05. The number of nitrogen functional groups attached to an aromatic ring is 1. The van der Waals surface area contributed by atoms with Crippen LogP contribution in [0.2, 0.25) is 0 Å². The van der Waals surface area contributed by atoms with E-state index in [0.717, 1.165) is 16.7 Å². The van der Waals surface area contributed by atoms with Crippen LogP contribution in [0.3, 0.4) is 0 Å². The molecule has 0 unspecified atom stereocenters. The van der Waals surface area contributed by atoms with Crippen molar-refractivity contribution in [2.24, 2.45) is 0 Å². The predicted octanol–water partition coefficient (Wildman–Crippen LogP) is 3.61. The van der Waals surface area contributed by atoms with Gasteiger partial charge in [-0.2, -0.15) is 0 Å². The quantitative estimate of drug-likeness (QED) is 0.691. The number of pyridine rings is 1. The molecular formula is C15H12N2O. The van der Waals surface area contributed by atoms with Crippen LogP contribution in [-0.4, -0.2) is 4.98 Å². The number of nitrogens with zero attached hydrogens (tertiary/aromatic N) is 1. The fraction of sp³-hybridized carbons (Fsp3) is 0. The van der Waals surface area contributed by atoms with E-state index in [0.29, 0.717) is 11.6 Å². The molecule has 2 N–H and O–H groups in total. The highest BCUT2D eigenvalue weighted by Gasteiger charge is 2.00. The molecule has 88 valence electrons. The van der Waals surface area contributed by atoms with Gasteiger partial charge in [0.25, 0.3) is 0 Å². The molecule has 0 aliphatic rings. The maximum atomic E-state index is 5.67. The van der Waals surface area contributed by atoms with E-state index in [2.05, 4.69) is 4.98 Å². The third kappa shape index (κ3) is 2.11. The number of para-hydroxylation sites is 1. The monoisotopic (exact) mass is 236 g/mol. The summed E-state index contributed by atoms with van der Waals surface area (Å²) >= 11 is 0. The van der Waals surface area contributed by atoms with E-state index in [-0.39, 0.29) is 0 Å². The summed E-state index contributed by atoms with van der Waals surface area (Å²) in [5, 5.41) is 1.10. The van der Waals surface area contributed by atoms with Crippen molar-refractivity contribution in [2.45, 2.75) is 0 Å². The second-order valence-electron chi connectivity index (χ2n) is 4.01. The smallest absolute Gasteiger partial charge is 0.219 e. The van der Waals surface area contributed by atoms with Crippen LogP contribution in [0.1, 0.15) is 0 Å². The van der Waals surface area contributed by atoms with E-state index in [4.69, 9.17) is 10.5 Å². The number of aromatic nitrogens is 1. The minimum atomic E-state index is 0.582. The van der Waals surface area contributed by atoms with Crippen molar-refractivity contribution in [2.75, 3.05) is 5.73 Å². The topological polar surface area (TPSA) is 48.1 Å². The van der Waals surface area contributed by atoms with Gasteiger partial charge in [-0.3, -0.25) is 0 Å². The summed E-state index contributed by atoms with van der Waals surface area (Å²) in [4.78, 5) is 4.44. The minimum absolute atomic E-state index is 0.582. The molecule has 0 saturated carbocycles. The van der Waals surface area contributed by atoms with Crippen LogP contribution in [0.15, 0.2) is 60.7 Å². The molecule has 0 amide bonds. The Morgan fingerprint density at radius 3 is 2.44 bits per heavy atom. The molecule has 3 heteroatoms. The number of hydrogen-bond donors (Lipinski definition) is 1. The molecule has 0 bridgehead atoms. The Labute approximate surface area is 105 Å². The Morgan fingerprint density at radius 2 is 1.61 bits per heavy atom. The van der Waals surface area contributed by atoms with Crippen LogP contribution in [0.5, 0.6) is 11.6 Å². The van der Waals surface area contributed by atoms with Gasteiger partial charge in [-0.15, -0.1) is 0 Å². The fourth-order valence-electron chi connectivity index (χ4n) is 1.76. The van der Waals surface area contributed by atoms with E-state index in [1.165, 1.54) is 0 Å². The van der Waals surface area contributed by atoms with E-state index in [1.807, 2.05) is 48.5 Å². The Hall–Kier alpha value is -2.55. The van der Waals surface area contributed by atoms with Crippen molar-refractivity contribution >= 4 is 16.6 Å². The largest absolute Gasteiger partial charge is 0.439 e. The van der Waals surface area contributed by atoms with Gasteiger partial charge in [0.15, 0.2) is 0 Å². The lowest BCUT2D eigenvalue weighted by atomic mass is 10.2. The Balaban J connectivity index is 1.92. The van der Waals surface area contributed by atoms with Crippen molar-refractivity contribution in [3.05, 3.63) is 60.7 Å². The highest BCUT2D eigenvalue weighted by molar-refractivity contribution is 5.78. The summed E-state index contributed by atoms with van der Waals surface area (Å²) < 4.78 is 5.67. The molecule has 0 atom stereocenters. The lowest BCUT2D eigenvalue weighted by Crippen LogP contribution is -1.89. The number of anilines is 1. The molecule has 0 aliphatic carbocycles. The number of hydrogen-bond acceptors (Lipinski definition) is 3. The Bertz CT molecular complexity index is 677. The maximum Gasteiger partial charge on any atom is 0.219 e. The third-order valence-corrected chi connectivity index (χ3v) is 2.68. The predicted molar refractivity (Wildman–Crippen MR) is 72.7 cm³/mol. The zero-order valence-electron chi connectivity index (χ0n) is 9.71. The van der Waals surface area contributed by atoms with Gasteiger partial charge < -0.3 is 10.5 Å². The molecule has 18 heavy (non-hydrogen) atoms. The average molecular weight is 236 g/mol. The van der Waals surface area contributed by atoms with Crippen molar-refractivity contribution in [3.63, 3.8) is 0 Å². The summed E-state index contributed by atoms with van der Waals surface area (Å²) in [5.74, 6) is 1.31. The fourth-order valence-corrected chi connectivity index (χ4v) is 1.76. The Morgan fingerprint density at radius 1 is 0.833 bits per heavy atom. The molecule has 2 aromatic carbocycles. The van der Waals surface area contributed by atoms with E-state index >= 15 is 0 Å². The summed E-state index contributed by atoms with van der Waals surface area (Å²) in [7, 11) is 0. The Kier molecular flexibility index (Phi) is 2.57. The van der Waals surface area contributed by atoms with Gasteiger partial charge in [-0.05, 0) is 36.4 Å². The summed E-state index contributed by atoms with van der Waals surface area (Å²) in [5.41, 5.74) is 7.26. The maximum absolute atomic E-state index is 5.67. The molecule has 1 heterocycles. The number of fused-ring (bicyclic) bond motifs is 1. The van der Waals surface area contributed by atoms with Gasteiger partial charge in [0.05, 0.1) is 5.52 Å². The van der Waals surface area contributed by atoms with Gasteiger partial charge >= 0.3 is 0 Å². The normalized spacial score (nSPS) is 10.4. The van der Waals surface area contributed by atoms with E-state index in [1.54, 1.807) is 12.1 Å². The molecule has 0 fully saturated rings. The molecule has 0 saturated heterocycles. The molecule has 0 spiro atoms. The highest BCUT2D eigenvalue weighted by atomic mass is 16.5. The van der Waals surface area contributed by atoms with Gasteiger partial charge in [-0.1, -0.05) is 18.2 Å². The van der Waals surface area contributed by atoms with Crippen molar-refractivity contribution in [1.82, 2.24) is 4.98 Å². The van der Waals surface area contributed by atoms with Gasteiger partial charge in [0, 0.05) is 17.1 Å². The van der Waals surface area contributed by atoms with Crippen LogP contribution in [0, 0.1) is 0 Å². The lowest BCUT2D eigenvalue weighted by molar-refractivity contribution is 0.465. The molecule has 3 aromatic rings. The standard InChI is InChI=1S/C15H12N2O/c16-12-6-8-13(9-7-12)18-15-10-5-11-3-1-2-4-14(11)17-15/h1-10H,16H2. The number of benzene rings is 2. The second kappa shape index (κ2) is 4.37. The zero-order chi connectivity index (χ0) is 12.4. The first-order valence-electron chi connectivity index (χ1n) is 5.70. The third-order valence-electron chi connectivity index (χ3n) is 2.68. The van der Waals surface area contributed by atoms with Gasteiger partial charge in [-0.25, -0.2) is 4.98 Å². The summed E-state index contributed by atoms with van der Waals surface area (Å²) in [6.45, 7) is 0. The number of rotatable bonds is 2. The van der Waals surface area contributed by atoms with Crippen molar-refractivity contribution < 1.29 is 4.74 Å². The molecule has 0 radical (unpaired) electrons. The molecule has 3 rings (SSSR count). The number of nitrogens with two attached hydrogens (primary N) is 1. The minimum Gasteiger partial charge on any atom is -0.439 e. The van der Waals surface area contributed by atoms with Crippen molar-refractivity contribution in [3.8, 4) is 11.6 Å². The molecule has 3 nitrogen and oxygen atoms in total. The van der Waals surface area contributed by atoms with Crippen LogP contribution < -0.4 is 10.5 Å². The van der Waals surface area contributed by atoms with Crippen molar-refractivity contribution in [1.29, 1.82) is 0 Å². The number of ether oxygens (including phenoxy) is 1. The first kappa shape index (κ1) is 10.6. The highest BCUT2D eigenvalue weighted by Crippen LogP contribution is 2.22. The summed E-state index contributed by atoms with van der Waals surface area (Å²) in [6.07, 6.45) is 0. The average Bonchev–Trinajstić information content (AvgIpc) is 2.41. The first-order valence-corrected chi connectivity index (χ1v) is 5.70. The zero-order valence-corrected chi connectivity index (χ0v) is 9.71. The molecular weight excluding hydrogens is 224 g/mol. The van der Waals surface area contributed by atoms with Crippen LogP contribution in [-0.2, 0) is 0 Å². The van der Waals surface area contributed by atoms with E-state index < -0.39 is 0 Å². The van der Waals surface area contributed by atoms with Crippen LogP contribution in [0.25, 0.3) is 10.9 Å². The molecule has 0 aliphatic heterocycles. The molecule has 1 aromatic heterocycles. The second-order valence-corrected chi connectivity index (χ2v) is 4.01. The van der Waals surface area contributed by atoms with Gasteiger partial charge in [0.2, 0.25) is 5.88 Å². The first-order chi connectivity index (χ1) is 8.81. The van der Waals surface area contributed by atoms with Crippen LogP contribution >= 0.6 is 0 Å². The van der Waals surface area contributed by atoms with Crippen LogP contribution in [0.4, 0.5) is 5.69 Å². The van der Waals surface area contributed by atoms with E-state index in [9.17, 15) is 0 Å². The SMILES string of the molecule is Nc1ccc(Oc2ccc3ccccc3n2)cc1. The summed E-state index contributed by atoms with van der Waals surface area (Å²) in [6, 6.07) is 19.0.